The second-order valence-electron chi connectivity index (χ2n) is 4.88. The Hall–Kier alpha value is -1.84. The predicted octanol–water partition coefficient (Wildman–Crippen LogP) is 2.21. The second kappa shape index (κ2) is 6.36. The average Bonchev–Trinajstić information content (AvgIpc) is 2.36. The van der Waals surface area contributed by atoms with E-state index in [1.807, 2.05) is 30.3 Å². The Labute approximate surface area is 113 Å². The summed E-state index contributed by atoms with van der Waals surface area (Å²) in [5.41, 5.74) is 0.931. The molecule has 0 bridgehead atoms. The largest absolute Gasteiger partial charge is 0.469 e. The highest BCUT2D eigenvalue weighted by atomic mass is 16.5. The first-order valence-electron chi connectivity index (χ1n) is 6.63. The van der Waals surface area contributed by atoms with Gasteiger partial charge in [0.05, 0.1) is 19.6 Å². The standard InChI is InChI=1S/C15H19NO3/c1-19-14(17)10-13(11-6-3-2-4-7-11)16-15(18)12-8-5-9-12/h2-4,6-7,12-13H,5,8-10H2,1H3,(H,16,18)/t13-/m1/s1. The Balaban J connectivity index is 2.05. The van der Waals surface area contributed by atoms with E-state index in [-0.39, 0.29) is 30.3 Å². The summed E-state index contributed by atoms with van der Waals surface area (Å²) < 4.78 is 4.69. The zero-order chi connectivity index (χ0) is 13.7. The molecule has 0 aliphatic heterocycles. The van der Waals surface area contributed by atoms with Gasteiger partial charge in [-0.25, -0.2) is 0 Å². The molecular formula is C15H19NO3. The van der Waals surface area contributed by atoms with Crippen LogP contribution in [0, 0.1) is 5.92 Å². The molecule has 0 unspecified atom stereocenters. The van der Waals surface area contributed by atoms with Gasteiger partial charge in [0.15, 0.2) is 0 Å². The summed E-state index contributed by atoms with van der Waals surface area (Å²) in [6.45, 7) is 0. The van der Waals surface area contributed by atoms with Gasteiger partial charge in [-0.2, -0.15) is 0 Å². The van der Waals surface area contributed by atoms with Crippen molar-refractivity contribution in [3.05, 3.63) is 35.9 Å². The number of hydrogen-bond donors (Lipinski definition) is 1. The Morgan fingerprint density at radius 3 is 2.53 bits per heavy atom. The van der Waals surface area contributed by atoms with Crippen LogP contribution in [0.15, 0.2) is 30.3 Å². The first-order valence-corrected chi connectivity index (χ1v) is 6.63. The van der Waals surface area contributed by atoms with Gasteiger partial charge < -0.3 is 10.1 Å². The van der Waals surface area contributed by atoms with Crippen molar-refractivity contribution >= 4 is 11.9 Å². The Morgan fingerprint density at radius 1 is 1.32 bits per heavy atom. The molecule has 0 radical (unpaired) electrons. The smallest absolute Gasteiger partial charge is 0.307 e. The van der Waals surface area contributed by atoms with E-state index < -0.39 is 0 Å². The molecule has 0 saturated heterocycles. The number of rotatable bonds is 5. The number of hydrogen-bond acceptors (Lipinski definition) is 3. The normalized spacial score (nSPS) is 16.3. The first kappa shape index (κ1) is 13.6. The van der Waals surface area contributed by atoms with E-state index >= 15 is 0 Å². The lowest BCUT2D eigenvalue weighted by molar-refractivity contribution is -0.141. The molecule has 0 aromatic heterocycles. The van der Waals surface area contributed by atoms with Gasteiger partial charge in [0.1, 0.15) is 0 Å². The highest BCUT2D eigenvalue weighted by molar-refractivity contribution is 5.80. The maximum Gasteiger partial charge on any atom is 0.307 e. The minimum Gasteiger partial charge on any atom is -0.469 e. The van der Waals surface area contributed by atoms with Gasteiger partial charge in [-0.1, -0.05) is 36.8 Å². The van der Waals surface area contributed by atoms with Gasteiger partial charge in [-0.05, 0) is 18.4 Å². The highest BCUT2D eigenvalue weighted by Crippen LogP contribution is 2.28. The number of carbonyl (C=O) groups is 2. The number of benzene rings is 1. The van der Waals surface area contributed by atoms with E-state index in [9.17, 15) is 9.59 Å². The van der Waals surface area contributed by atoms with Crippen LogP contribution in [0.3, 0.4) is 0 Å². The van der Waals surface area contributed by atoms with Crippen LogP contribution >= 0.6 is 0 Å². The molecule has 4 nitrogen and oxygen atoms in total. The molecular weight excluding hydrogens is 242 g/mol. The van der Waals surface area contributed by atoms with Crippen molar-refractivity contribution in [3.8, 4) is 0 Å². The topological polar surface area (TPSA) is 55.4 Å². The number of amides is 1. The van der Waals surface area contributed by atoms with Crippen molar-refractivity contribution in [2.24, 2.45) is 5.92 Å². The molecule has 1 saturated carbocycles. The number of nitrogens with one attached hydrogen (secondary N) is 1. The van der Waals surface area contributed by atoms with E-state index in [4.69, 9.17) is 4.74 Å². The second-order valence-corrected chi connectivity index (χ2v) is 4.88. The van der Waals surface area contributed by atoms with Crippen molar-refractivity contribution in [2.45, 2.75) is 31.7 Å². The molecule has 1 aromatic rings. The maximum atomic E-state index is 12.0. The van der Waals surface area contributed by atoms with Crippen LogP contribution in [0.1, 0.15) is 37.3 Å². The summed E-state index contributed by atoms with van der Waals surface area (Å²) in [7, 11) is 1.36. The van der Waals surface area contributed by atoms with E-state index in [0.29, 0.717) is 0 Å². The number of esters is 1. The summed E-state index contributed by atoms with van der Waals surface area (Å²) in [6.07, 6.45) is 3.18. The highest BCUT2D eigenvalue weighted by Gasteiger charge is 2.28. The van der Waals surface area contributed by atoms with Crippen molar-refractivity contribution in [1.29, 1.82) is 0 Å². The maximum absolute atomic E-state index is 12.0. The number of carbonyl (C=O) groups excluding carboxylic acids is 2. The van der Waals surface area contributed by atoms with Gasteiger partial charge in [0.2, 0.25) is 5.91 Å². The van der Waals surface area contributed by atoms with Gasteiger partial charge in [0, 0.05) is 5.92 Å². The number of ether oxygens (including phenoxy) is 1. The lowest BCUT2D eigenvalue weighted by Gasteiger charge is -2.27. The van der Waals surface area contributed by atoms with E-state index in [0.717, 1.165) is 24.8 Å². The summed E-state index contributed by atoms with van der Waals surface area (Å²) in [5.74, 6) is -0.157. The summed E-state index contributed by atoms with van der Waals surface area (Å²) in [5, 5.41) is 2.96. The van der Waals surface area contributed by atoms with Gasteiger partial charge in [-0.3, -0.25) is 9.59 Å². The van der Waals surface area contributed by atoms with Crippen molar-refractivity contribution in [1.82, 2.24) is 5.32 Å². The van der Waals surface area contributed by atoms with Gasteiger partial charge >= 0.3 is 5.97 Å². The third kappa shape index (κ3) is 3.56. The van der Waals surface area contributed by atoms with Crippen LogP contribution < -0.4 is 5.32 Å². The number of methoxy groups -OCH3 is 1. The van der Waals surface area contributed by atoms with Crippen LogP contribution in [0.5, 0.6) is 0 Å². The average molecular weight is 261 g/mol. The fourth-order valence-corrected chi connectivity index (χ4v) is 2.15. The Bertz CT molecular complexity index is 440. The minimum absolute atomic E-state index is 0.0454. The van der Waals surface area contributed by atoms with Gasteiger partial charge in [-0.15, -0.1) is 0 Å². The van der Waals surface area contributed by atoms with E-state index in [1.54, 1.807) is 0 Å². The molecule has 19 heavy (non-hydrogen) atoms. The quantitative estimate of drug-likeness (QED) is 0.827. The molecule has 1 atom stereocenters. The van der Waals surface area contributed by atoms with Crippen LogP contribution in [0.4, 0.5) is 0 Å². The molecule has 4 heteroatoms. The fourth-order valence-electron chi connectivity index (χ4n) is 2.15. The molecule has 102 valence electrons. The molecule has 1 amide bonds. The zero-order valence-electron chi connectivity index (χ0n) is 11.1. The molecule has 0 spiro atoms. The van der Waals surface area contributed by atoms with Crippen LogP contribution in [-0.4, -0.2) is 19.0 Å². The summed E-state index contributed by atoms with van der Waals surface area (Å²) >= 11 is 0. The first-order chi connectivity index (χ1) is 9.20. The molecule has 1 fully saturated rings. The van der Waals surface area contributed by atoms with Crippen molar-refractivity contribution < 1.29 is 14.3 Å². The molecule has 1 aliphatic carbocycles. The monoisotopic (exact) mass is 261 g/mol. The molecule has 1 aliphatic rings. The Kier molecular flexibility index (Phi) is 4.55. The van der Waals surface area contributed by atoms with Crippen molar-refractivity contribution in [3.63, 3.8) is 0 Å². The minimum atomic E-state index is -0.317. The summed E-state index contributed by atoms with van der Waals surface area (Å²) in [4.78, 5) is 23.5. The molecule has 0 heterocycles. The lowest BCUT2D eigenvalue weighted by Crippen LogP contribution is -2.37. The fraction of sp³-hybridized carbons (Fsp3) is 0.467. The summed E-state index contributed by atoms with van der Waals surface area (Å²) in [6, 6.07) is 9.22. The third-order valence-corrected chi connectivity index (χ3v) is 3.59. The van der Waals surface area contributed by atoms with Crippen LogP contribution in [0.2, 0.25) is 0 Å². The lowest BCUT2D eigenvalue weighted by atomic mass is 9.84. The van der Waals surface area contributed by atoms with Gasteiger partial charge in [0.25, 0.3) is 0 Å². The van der Waals surface area contributed by atoms with E-state index in [2.05, 4.69) is 5.32 Å². The van der Waals surface area contributed by atoms with Crippen molar-refractivity contribution in [2.75, 3.05) is 7.11 Å². The molecule has 2 rings (SSSR count). The van der Waals surface area contributed by atoms with Crippen LogP contribution in [-0.2, 0) is 14.3 Å². The van der Waals surface area contributed by atoms with Crippen LogP contribution in [0.25, 0.3) is 0 Å². The third-order valence-electron chi connectivity index (χ3n) is 3.59. The molecule has 1 aromatic carbocycles. The van der Waals surface area contributed by atoms with E-state index in [1.165, 1.54) is 7.11 Å². The predicted molar refractivity (Wildman–Crippen MR) is 71.3 cm³/mol. The molecule has 1 N–H and O–H groups in total. The Morgan fingerprint density at radius 2 is 2.00 bits per heavy atom. The SMILES string of the molecule is COC(=O)C[C@@H](NC(=O)C1CCC1)c1ccccc1. The zero-order valence-corrected chi connectivity index (χ0v) is 11.1.